The fourth-order valence-corrected chi connectivity index (χ4v) is 3.66. The molecule has 1 aliphatic heterocycles. The highest BCUT2D eigenvalue weighted by molar-refractivity contribution is 5.84. The monoisotopic (exact) mass is 345 g/mol. The number of hydrogen-bond acceptors (Lipinski definition) is 4. The van der Waals surface area contributed by atoms with E-state index in [1.165, 1.54) is 18.4 Å². The summed E-state index contributed by atoms with van der Waals surface area (Å²) >= 11 is 0. The van der Waals surface area contributed by atoms with E-state index >= 15 is 0 Å². The number of ether oxygens (including phenoxy) is 1. The molecule has 0 radical (unpaired) electrons. The van der Waals surface area contributed by atoms with Gasteiger partial charge in [-0.15, -0.1) is 0 Å². The van der Waals surface area contributed by atoms with Gasteiger partial charge in [-0.05, 0) is 37.0 Å². The van der Waals surface area contributed by atoms with Gasteiger partial charge in [-0.2, -0.15) is 0 Å². The summed E-state index contributed by atoms with van der Waals surface area (Å²) in [5, 5.41) is 6.06. The van der Waals surface area contributed by atoms with Crippen LogP contribution >= 0.6 is 0 Å². The second-order valence-electron chi connectivity index (χ2n) is 7.08. The molecule has 1 saturated carbocycles. The summed E-state index contributed by atoms with van der Waals surface area (Å²) in [6.07, 6.45) is 9.40. The van der Waals surface area contributed by atoms with Crippen molar-refractivity contribution in [2.45, 2.75) is 57.0 Å². The van der Waals surface area contributed by atoms with Gasteiger partial charge >= 0.3 is 0 Å². The van der Waals surface area contributed by atoms with Crippen LogP contribution in [0.15, 0.2) is 24.5 Å². The SMILES string of the molecule is O=C(CCC(=O)N[C@@H]1COC[C@H]1Cc1ccncc1)NC1CCCC1. The van der Waals surface area contributed by atoms with Crippen molar-refractivity contribution in [3.8, 4) is 0 Å². The summed E-state index contributed by atoms with van der Waals surface area (Å²) in [4.78, 5) is 28.1. The highest BCUT2D eigenvalue weighted by atomic mass is 16.5. The van der Waals surface area contributed by atoms with Crippen molar-refractivity contribution in [1.29, 1.82) is 0 Å². The normalized spacial score (nSPS) is 23.5. The minimum atomic E-state index is -0.0724. The second kappa shape index (κ2) is 8.94. The predicted molar refractivity (Wildman–Crippen MR) is 93.8 cm³/mol. The van der Waals surface area contributed by atoms with Gasteiger partial charge in [0, 0.05) is 37.2 Å². The van der Waals surface area contributed by atoms with Crippen LogP contribution in [0.1, 0.15) is 44.1 Å². The smallest absolute Gasteiger partial charge is 0.220 e. The van der Waals surface area contributed by atoms with Crippen LogP contribution < -0.4 is 10.6 Å². The van der Waals surface area contributed by atoms with Gasteiger partial charge in [-0.1, -0.05) is 12.8 Å². The first-order valence-corrected chi connectivity index (χ1v) is 9.26. The third-order valence-corrected chi connectivity index (χ3v) is 5.09. The van der Waals surface area contributed by atoms with Crippen LogP contribution in [-0.4, -0.2) is 42.1 Å². The molecule has 3 rings (SSSR count). The molecule has 136 valence electrons. The van der Waals surface area contributed by atoms with E-state index in [1.54, 1.807) is 12.4 Å². The Morgan fingerprint density at radius 2 is 1.72 bits per heavy atom. The van der Waals surface area contributed by atoms with Crippen LogP contribution in [0, 0.1) is 5.92 Å². The second-order valence-corrected chi connectivity index (χ2v) is 7.08. The van der Waals surface area contributed by atoms with Gasteiger partial charge in [-0.25, -0.2) is 0 Å². The number of nitrogens with one attached hydrogen (secondary N) is 2. The van der Waals surface area contributed by atoms with Gasteiger partial charge in [0.15, 0.2) is 0 Å². The van der Waals surface area contributed by atoms with Gasteiger partial charge in [0.25, 0.3) is 0 Å². The molecule has 1 aliphatic carbocycles. The zero-order valence-corrected chi connectivity index (χ0v) is 14.6. The van der Waals surface area contributed by atoms with Crippen molar-refractivity contribution in [3.63, 3.8) is 0 Å². The molecule has 0 aromatic carbocycles. The summed E-state index contributed by atoms with van der Waals surface area (Å²) < 4.78 is 5.55. The summed E-state index contributed by atoms with van der Waals surface area (Å²) in [5.74, 6) is 0.175. The maximum atomic E-state index is 12.2. The minimum absolute atomic E-state index is 0.0126. The molecular weight excluding hydrogens is 318 g/mol. The Balaban J connectivity index is 1.39. The Morgan fingerprint density at radius 3 is 2.44 bits per heavy atom. The number of nitrogens with zero attached hydrogens (tertiary/aromatic N) is 1. The zero-order chi connectivity index (χ0) is 17.5. The van der Waals surface area contributed by atoms with E-state index in [0.29, 0.717) is 19.3 Å². The lowest BCUT2D eigenvalue weighted by Gasteiger charge is -2.19. The number of pyridine rings is 1. The topological polar surface area (TPSA) is 80.3 Å². The third-order valence-electron chi connectivity index (χ3n) is 5.09. The average Bonchev–Trinajstić information content (AvgIpc) is 3.27. The lowest BCUT2D eigenvalue weighted by molar-refractivity contribution is -0.127. The molecule has 2 heterocycles. The van der Waals surface area contributed by atoms with Crippen LogP contribution in [0.5, 0.6) is 0 Å². The van der Waals surface area contributed by atoms with Crippen LogP contribution in [0.4, 0.5) is 0 Å². The molecule has 1 aromatic rings. The number of amides is 2. The van der Waals surface area contributed by atoms with Crippen LogP contribution in [0.25, 0.3) is 0 Å². The van der Waals surface area contributed by atoms with Crippen molar-refractivity contribution in [1.82, 2.24) is 15.6 Å². The van der Waals surface area contributed by atoms with Gasteiger partial charge in [0.1, 0.15) is 0 Å². The highest BCUT2D eigenvalue weighted by Crippen LogP contribution is 2.19. The van der Waals surface area contributed by atoms with Crippen molar-refractivity contribution in [2.75, 3.05) is 13.2 Å². The Morgan fingerprint density at radius 1 is 1.04 bits per heavy atom. The number of rotatable bonds is 7. The fourth-order valence-electron chi connectivity index (χ4n) is 3.66. The van der Waals surface area contributed by atoms with E-state index in [-0.39, 0.29) is 36.6 Å². The fraction of sp³-hybridized carbons (Fsp3) is 0.632. The first kappa shape index (κ1) is 17.9. The number of carbonyl (C=O) groups is 2. The highest BCUT2D eigenvalue weighted by Gasteiger charge is 2.29. The molecule has 0 bridgehead atoms. The Kier molecular flexibility index (Phi) is 6.39. The van der Waals surface area contributed by atoms with E-state index in [0.717, 1.165) is 19.3 Å². The number of aromatic nitrogens is 1. The first-order chi connectivity index (χ1) is 12.2. The summed E-state index contributed by atoms with van der Waals surface area (Å²) in [5.41, 5.74) is 1.20. The molecule has 2 atom stereocenters. The van der Waals surface area contributed by atoms with Gasteiger partial charge < -0.3 is 15.4 Å². The van der Waals surface area contributed by atoms with E-state index < -0.39 is 0 Å². The lowest BCUT2D eigenvalue weighted by atomic mass is 9.95. The summed E-state index contributed by atoms with van der Waals surface area (Å²) in [7, 11) is 0. The zero-order valence-electron chi connectivity index (χ0n) is 14.6. The minimum Gasteiger partial charge on any atom is -0.379 e. The molecule has 0 unspecified atom stereocenters. The molecule has 2 N–H and O–H groups in total. The first-order valence-electron chi connectivity index (χ1n) is 9.26. The largest absolute Gasteiger partial charge is 0.379 e. The van der Waals surface area contributed by atoms with E-state index in [2.05, 4.69) is 15.6 Å². The Hall–Kier alpha value is -1.95. The molecule has 0 spiro atoms. The molecule has 1 saturated heterocycles. The Labute approximate surface area is 148 Å². The maximum Gasteiger partial charge on any atom is 0.220 e. The summed E-state index contributed by atoms with van der Waals surface area (Å²) in [6.45, 7) is 1.19. The van der Waals surface area contributed by atoms with E-state index in [9.17, 15) is 9.59 Å². The number of carbonyl (C=O) groups excluding carboxylic acids is 2. The van der Waals surface area contributed by atoms with Gasteiger partial charge in [-0.3, -0.25) is 14.6 Å². The molecule has 1 aromatic heterocycles. The Bertz CT molecular complexity index is 573. The number of hydrogen-bond donors (Lipinski definition) is 2. The quantitative estimate of drug-likeness (QED) is 0.786. The van der Waals surface area contributed by atoms with Crippen molar-refractivity contribution >= 4 is 11.8 Å². The summed E-state index contributed by atoms with van der Waals surface area (Å²) in [6, 6.07) is 4.30. The van der Waals surface area contributed by atoms with Crippen LogP contribution in [0.3, 0.4) is 0 Å². The molecule has 25 heavy (non-hydrogen) atoms. The van der Waals surface area contributed by atoms with Gasteiger partial charge in [0.05, 0.1) is 19.3 Å². The van der Waals surface area contributed by atoms with Crippen molar-refractivity contribution < 1.29 is 14.3 Å². The predicted octanol–water partition coefficient (Wildman–Crippen LogP) is 1.59. The average molecular weight is 345 g/mol. The van der Waals surface area contributed by atoms with E-state index in [4.69, 9.17) is 4.74 Å². The standard InChI is InChI=1S/C19H27N3O3/c23-18(21-16-3-1-2-4-16)5-6-19(24)22-17-13-25-12-15(17)11-14-7-9-20-10-8-14/h7-10,15-17H,1-6,11-13H2,(H,21,23)(H,22,24)/t15-,17-/m1/s1. The van der Waals surface area contributed by atoms with Crippen molar-refractivity contribution in [2.24, 2.45) is 5.92 Å². The molecule has 2 amide bonds. The molecule has 2 aliphatic rings. The van der Waals surface area contributed by atoms with Crippen LogP contribution in [-0.2, 0) is 20.7 Å². The van der Waals surface area contributed by atoms with E-state index in [1.807, 2.05) is 12.1 Å². The maximum absolute atomic E-state index is 12.2. The molecular formula is C19H27N3O3. The molecule has 6 nitrogen and oxygen atoms in total. The lowest BCUT2D eigenvalue weighted by Crippen LogP contribution is -2.41. The van der Waals surface area contributed by atoms with Crippen molar-refractivity contribution in [3.05, 3.63) is 30.1 Å². The van der Waals surface area contributed by atoms with Gasteiger partial charge in [0.2, 0.25) is 11.8 Å². The van der Waals surface area contributed by atoms with Crippen LogP contribution in [0.2, 0.25) is 0 Å². The molecule has 2 fully saturated rings. The third kappa shape index (κ3) is 5.53. The molecule has 6 heteroatoms.